The highest BCUT2D eigenvalue weighted by Gasteiger charge is 2.15. The normalized spacial score (nSPS) is 10.6. The molecule has 150 valence electrons. The van der Waals surface area contributed by atoms with Gasteiger partial charge < -0.3 is 26.0 Å². The van der Waals surface area contributed by atoms with E-state index in [0.29, 0.717) is 23.6 Å². The largest absolute Gasteiger partial charge is 0.481 e. The van der Waals surface area contributed by atoms with Crippen molar-refractivity contribution in [3.8, 4) is 0 Å². The third-order valence-corrected chi connectivity index (χ3v) is 4.33. The first-order chi connectivity index (χ1) is 13.5. The molecular formula is C19H27N7O2. The lowest BCUT2D eigenvalue weighted by atomic mass is 10.2. The van der Waals surface area contributed by atoms with Gasteiger partial charge in [-0.2, -0.15) is 0 Å². The van der Waals surface area contributed by atoms with Crippen molar-refractivity contribution in [2.24, 2.45) is 0 Å². The molecular weight excluding hydrogens is 358 g/mol. The van der Waals surface area contributed by atoms with Crippen LogP contribution in [0.2, 0.25) is 0 Å². The highest BCUT2D eigenvalue weighted by molar-refractivity contribution is 6.01. The zero-order valence-corrected chi connectivity index (χ0v) is 16.5. The predicted octanol–water partition coefficient (Wildman–Crippen LogP) is 1.85. The summed E-state index contributed by atoms with van der Waals surface area (Å²) in [6, 6.07) is 6.97. The molecule has 9 heteroatoms. The number of hydrogen-bond acceptors (Lipinski definition) is 8. The van der Waals surface area contributed by atoms with Crippen molar-refractivity contribution in [1.29, 1.82) is 5.41 Å². The summed E-state index contributed by atoms with van der Waals surface area (Å²) in [5.41, 5.74) is 7.38. The van der Waals surface area contributed by atoms with Gasteiger partial charge in [0.2, 0.25) is 5.90 Å². The minimum Gasteiger partial charge on any atom is -0.481 e. The summed E-state index contributed by atoms with van der Waals surface area (Å²) in [7, 11) is 1.38. The van der Waals surface area contributed by atoms with Gasteiger partial charge in [0.25, 0.3) is 5.91 Å². The summed E-state index contributed by atoms with van der Waals surface area (Å²) in [6.45, 7) is 7.54. The van der Waals surface area contributed by atoms with Gasteiger partial charge in [-0.25, -0.2) is 9.97 Å². The number of benzene rings is 1. The number of amides is 1. The first-order valence-corrected chi connectivity index (χ1v) is 9.11. The van der Waals surface area contributed by atoms with E-state index in [1.807, 2.05) is 0 Å². The SMILES string of the molecule is CCN(CC)CCNC(=O)c1ccc(Nc2ncnc(N)c2C(=N)OC)cc1. The van der Waals surface area contributed by atoms with Crippen LogP contribution in [0.25, 0.3) is 0 Å². The molecule has 1 aromatic carbocycles. The van der Waals surface area contributed by atoms with E-state index in [1.165, 1.54) is 13.4 Å². The molecule has 1 aromatic heterocycles. The standard InChI is InChI=1S/C19H27N7O2/c1-4-26(5-2)11-10-22-19(27)13-6-8-14(9-7-13)25-18-15(17(21)28-3)16(20)23-12-24-18/h6-9,12,21H,4-5,10-11H2,1-3H3,(H,22,27)(H3,20,23,24,25). The third-order valence-electron chi connectivity index (χ3n) is 4.33. The minimum atomic E-state index is -0.134. The fourth-order valence-electron chi connectivity index (χ4n) is 2.63. The van der Waals surface area contributed by atoms with Gasteiger partial charge in [-0.3, -0.25) is 10.2 Å². The number of hydrogen-bond donors (Lipinski definition) is 4. The fourth-order valence-corrected chi connectivity index (χ4v) is 2.63. The van der Waals surface area contributed by atoms with E-state index in [0.717, 1.165) is 19.6 Å². The first-order valence-electron chi connectivity index (χ1n) is 9.11. The molecule has 0 atom stereocenters. The van der Waals surface area contributed by atoms with E-state index in [1.54, 1.807) is 24.3 Å². The second kappa shape index (κ2) is 10.2. The van der Waals surface area contributed by atoms with Gasteiger partial charge in [0, 0.05) is 24.3 Å². The number of carbonyl (C=O) groups excluding carboxylic acids is 1. The molecule has 0 saturated heterocycles. The molecule has 0 radical (unpaired) electrons. The van der Waals surface area contributed by atoms with Crippen LogP contribution in [-0.4, -0.2) is 60.0 Å². The molecule has 1 amide bonds. The van der Waals surface area contributed by atoms with Crippen LogP contribution in [-0.2, 0) is 4.74 Å². The summed E-state index contributed by atoms with van der Waals surface area (Å²) >= 11 is 0. The maximum atomic E-state index is 12.3. The van der Waals surface area contributed by atoms with Crippen molar-refractivity contribution in [3.63, 3.8) is 0 Å². The summed E-state index contributed by atoms with van der Waals surface area (Å²) in [5.74, 6) is 0.251. The molecule has 0 fully saturated rings. The molecule has 28 heavy (non-hydrogen) atoms. The fraction of sp³-hybridized carbons (Fsp3) is 0.368. The number of anilines is 3. The molecule has 0 aliphatic heterocycles. The zero-order chi connectivity index (χ0) is 20.5. The van der Waals surface area contributed by atoms with Crippen molar-refractivity contribution in [1.82, 2.24) is 20.2 Å². The lowest BCUT2D eigenvalue weighted by Crippen LogP contribution is -2.34. The van der Waals surface area contributed by atoms with Gasteiger partial charge in [0.1, 0.15) is 23.5 Å². The average molecular weight is 385 g/mol. The van der Waals surface area contributed by atoms with E-state index in [4.69, 9.17) is 15.9 Å². The van der Waals surface area contributed by atoms with Gasteiger partial charge in [-0.15, -0.1) is 0 Å². The summed E-state index contributed by atoms with van der Waals surface area (Å²) in [5, 5.41) is 13.9. The monoisotopic (exact) mass is 385 g/mol. The topological polar surface area (TPSA) is 129 Å². The molecule has 0 unspecified atom stereocenters. The lowest BCUT2D eigenvalue weighted by Gasteiger charge is -2.18. The smallest absolute Gasteiger partial charge is 0.251 e. The first kappa shape index (κ1) is 21.1. The van der Waals surface area contributed by atoms with Gasteiger partial charge in [0.05, 0.1) is 7.11 Å². The van der Waals surface area contributed by atoms with Crippen LogP contribution in [0.3, 0.4) is 0 Å². The van der Waals surface area contributed by atoms with Crippen molar-refractivity contribution in [2.45, 2.75) is 13.8 Å². The molecule has 0 bridgehead atoms. The minimum absolute atomic E-state index is 0.119. The van der Waals surface area contributed by atoms with E-state index < -0.39 is 0 Å². The number of likely N-dealkylation sites (N-methyl/N-ethyl adjacent to an activating group) is 1. The molecule has 0 aliphatic rings. The van der Waals surface area contributed by atoms with Crippen LogP contribution in [0.4, 0.5) is 17.3 Å². The highest BCUT2D eigenvalue weighted by atomic mass is 16.5. The van der Waals surface area contributed by atoms with Crippen molar-refractivity contribution < 1.29 is 9.53 Å². The lowest BCUT2D eigenvalue weighted by molar-refractivity contribution is 0.0949. The summed E-state index contributed by atoms with van der Waals surface area (Å²) in [4.78, 5) is 22.5. The predicted molar refractivity (Wildman–Crippen MR) is 110 cm³/mol. The van der Waals surface area contributed by atoms with Crippen LogP contribution in [0.15, 0.2) is 30.6 Å². The Hall–Kier alpha value is -3.20. The van der Waals surface area contributed by atoms with Crippen LogP contribution in [0.1, 0.15) is 29.8 Å². The molecule has 2 rings (SSSR count). The number of carbonyl (C=O) groups is 1. The number of nitrogens with two attached hydrogens (primary N) is 1. The number of nitrogens with one attached hydrogen (secondary N) is 3. The maximum absolute atomic E-state index is 12.3. The zero-order valence-electron chi connectivity index (χ0n) is 16.5. The van der Waals surface area contributed by atoms with Gasteiger partial charge in [-0.1, -0.05) is 13.8 Å². The van der Waals surface area contributed by atoms with Crippen molar-refractivity contribution >= 4 is 29.1 Å². The molecule has 5 N–H and O–H groups in total. The number of ether oxygens (including phenoxy) is 1. The second-order valence-electron chi connectivity index (χ2n) is 6.00. The van der Waals surface area contributed by atoms with Crippen molar-refractivity contribution in [2.75, 3.05) is 44.3 Å². The Morgan fingerprint density at radius 2 is 1.89 bits per heavy atom. The number of aromatic nitrogens is 2. The number of rotatable bonds is 9. The number of methoxy groups -OCH3 is 1. The number of nitrogen functional groups attached to an aromatic ring is 1. The molecule has 0 saturated carbocycles. The summed E-state index contributed by atoms with van der Waals surface area (Å²) < 4.78 is 4.94. The van der Waals surface area contributed by atoms with Crippen LogP contribution < -0.4 is 16.4 Å². The summed E-state index contributed by atoms with van der Waals surface area (Å²) in [6.07, 6.45) is 1.31. The Kier molecular flexibility index (Phi) is 7.70. The van der Waals surface area contributed by atoms with Gasteiger partial charge in [0.15, 0.2) is 0 Å². The molecule has 0 aliphatic carbocycles. The van der Waals surface area contributed by atoms with Gasteiger partial charge in [-0.05, 0) is 37.4 Å². The maximum Gasteiger partial charge on any atom is 0.251 e. The Balaban J connectivity index is 2.03. The Bertz CT molecular complexity index is 804. The molecule has 0 spiro atoms. The molecule has 1 heterocycles. The highest BCUT2D eigenvalue weighted by Crippen LogP contribution is 2.22. The van der Waals surface area contributed by atoms with Crippen LogP contribution >= 0.6 is 0 Å². The molecule has 2 aromatic rings. The van der Waals surface area contributed by atoms with Crippen LogP contribution in [0, 0.1) is 5.41 Å². The second-order valence-corrected chi connectivity index (χ2v) is 6.00. The Morgan fingerprint density at radius 3 is 2.50 bits per heavy atom. The Labute approximate surface area is 164 Å². The van der Waals surface area contributed by atoms with Crippen LogP contribution in [0.5, 0.6) is 0 Å². The van der Waals surface area contributed by atoms with E-state index in [-0.39, 0.29) is 23.2 Å². The molecule has 9 nitrogen and oxygen atoms in total. The average Bonchev–Trinajstić information content (AvgIpc) is 2.71. The van der Waals surface area contributed by atoms with Gasteiger partial charge >= 0.3 is 0 Å². The van der Waals surface area contributed by atoms with E-state index in [2.05, 4.69) is 39.3 Å². The quantitative estimate of drug-likeness (QED) is 0.383. The van der Waals surface area contributed by atoms with Crippen molar-refractivity contribution in [3.05, 3.63) is 41.7 Å². The number of nitrogens with zero attached hydrogens (tertiary/aromatic N) is 3. The Morgan fingerprint density at radius 1 is 1.21 bits per heavy atom. The van der Waals surface area contributed by atoms with E-state index >= 15 is 0 Å². The third kappa shape index (κ3) is 5.40. The van der Waals surface area contributed by atoms with E-state index in [9.17, 15) is 4.79 Å².